The van der Waals surface area contributed by atoms with E-state index in [-0.39, 0.29) is 0 Å². The summed E-state index contributed by atoms with van der Waals surface area (Å²) >= 11 is 0. The predicted molar refractivity (Wildman–Crippen MR) is 66.9 cm³/mol. The Kier molecular flexibility index (Phi) is 4.60. The van der Waals surface area contributed by atoms with Gasteiger partial charge in [0.25, 0.3) is 0 Å². The standard InChI is InChI=1S/C13H28N2/c1-11(14)6-5-8-15-9-7-12(10-15)13(2,3)4/h11-12H,5-10,14H2,1-4H3. The highest BCUT2D eigenvalue weighted by Crippen LogP contribution is 2.33. The molecule has 1 saturated heterocycles. The fourth-order valence-electron chi connectivity index (χ4n) is 2.38. The lowest BCUT2D eigenvalue weighted by molar-refractivity contribution is 0.227. The number of rotatable bonds is 4. The third kappa shape index (κ3) is 4.52. The third-order valence-corrected chi connectivity index (χ3v) is 3.63. The molecule has 0 aromatic rings. The van der Waals surface area contributed by atoms with Crippen LogP contribution in [-0.4, -0.2) is 30.6 Å². The Morgan fingerprint density at radius 2 is 2.07 bits per heavy atom. The minimum absolute atomic E-state index is 0.367. The van der Waals surface area contributed by atoms with E-state index in [1.807, 2.05) is 0 Å². The van der Waals surface area contributed by atoms with Gasteiger partial charge in [-0.05, 0) is 50.6 Å². The normalized spacial score (nSPS) is 25.8. The molecule has 2 unspecified atom stereocenters. The molecule has 0 aromatic heterocycles. The molecule has 0 radical (unpaired) electrons. The fraction of sp³-hybridized carbons (Fsp3) is 1.00. The molecule has 1 fully saturated rings. The molecule has 0 amide bonds. The van der Waals surface area contributed by atoms with Crippen molar-refractivity contribution >= 4 is 0 Å². The summed E-state index contributed by atoms with van der Waals surface area (Å²) in [5, 5.41) is 0. The predicted octanol–water partition coefficient (Wildman–Crippen LogP) is 2.48. The highest BCUT2D eigenvalue weighted by atomic mass is 15.1. The Morgan fingerprint density at radius 1 is 1.40 bits per heavy atom. The van der Waals surface area contributed by atoms with Gasteiger partial charge >= 0.3 is 0 Å². The monoisotopic (exact) mass is 212 g/mol. The zero-order chi connectivity index (χ0) is 11.5. The SMILES string of the molecule is CC(N)CCCN1CCC(C(C)(C)C)C1. The van der Waals surface area contributed by atoms with E-state index in [9.17, 15) is 0 Å². The van der Waals surface area contributed by atoms with Crippen molar-refractivity contribution in [2.24, 2.45) is 17.1 Å². The summed E-state index contributed by atoms with van der Waals surface area (Å²) in [5.41, 5.74) is 6.24. The summed E-state index contributed by atoms with van der Waals surface area (Å²) in [6.45, 7) is 13.0. The average molecular weight is 212 g/mol. The number of nitrogens with two attached hydrogens (primary N) is 1. The van der Waals surface area contributed by atoms with E-state index in [0.29, 0.717) is 11.5 Å². The number of hydrogen-bond donors (Lipinski definition) is 1. The van der Waals surface area contributed by atoms with Crippen LogP contribution in [0.3, 0.4) is 0 Å². The molecule has 0 aliphatic carbocycles. The number of hydrogen-bond acceptors (Lipinski definition) is 2. The first kappa shape index (κ1) is 13.0. The van der Waals surface area contributed by atoms with Gasteiger partial charge < -0.3 is 10.6 Å². The van der Waals surface area contributed by atoms with E-state index in [0.717, 1.165) is 12.3 Å². The van der Waals surface area contributed by atoms with Gasteiger partial charge in [0.2, 0.25) is 0 Å². The van der Waals surface area contributed by atoms with Gasteiger partial charge in [-0.15, -0.1) is 0 Å². The van der Waals surface area contributed by atoms with Crippen LogP contribution in [-0.2, 0) is 0 Å². The second kappa shape index (κ2) is 5.31. The lowest BCUT2D eigenvalue weighted by Crippen LogP contribution is -2.27. The Bertz CT molecular complexity index is 181. The van der Waals surface area contributed by atoms with E-state index < -0.39 is 0 Å². The lowest BCUT2D eigenvalue weighted by atomic mass is 9.80. The van der Waals surface area contributed by atoms with Gasteiger partial charge in [-0.2, -0.15) is 0 Å². The van der Waals surface area contributed by atoms with Crippen molar-refractivity contribution in [2.75, 3.05) is 19.6 Å². The van der Waals surface area contributed by atoms with Crippen molar-refractivity contribution in [3.05, 3.63) is 0 Å². The van der Waals surface area contributed by atoms with Gasteiger partial charge in [-0.3, -0.25) is 0 Å². The summed E-state index contributed by atoms with van der Waals surface area (Å²) in [5.74, 6) is 0.882. The van der Waals surface area contributed by atoms with Crippen molar-refractivity contribution in [2.45, 2.75) is 53.0 Å². The zero-order valence-corrected chi connectivity index (χ0v) is 10.9. The van der Waals surface area contributed by atoms with Gasteiger partial charge in [0.1, 0.15) is 0 Å². The van der Waals surface area contributed by atoms with Crippen molar-refractivity contribution in [1.82, 2.24) is 4.90 Å². The lowest BCUT2D eigenvalue weighted by Gasteiger charge is -2.27. The van der Waals surface area contributed by atoms with Crippen LogP contribution in [0.5, 0.6) is 0 Å². The molecule has 15 heavy (non-hydrogen) atoms. The molecule has 2 atom stereocenters. The van der Waals surface area contributed by atoms with Gasteiger partial charge in [-0.1, -0.05) is 20.8 Å². The smallest absolute Gasteiger partial charge is 0.00151 e. The van der Waals surface area contributed by atoms with Crippen molar-refractivity contribution in [3.8, 4) is 0 Å². The van der Waals surface area contributed by atoms with E-state index >= 15 is 0 Å². The molecule has 1 aliphatic heterocycles. The molecule has 1 heterocycles. The van der Waals surface area contributed by atoms with Crippen LogP contribution in [0.2, 0.25) is 0 Å². The molecule has 2 heteroatoms. The minimum Gasteiger partial charge on any atom is -0.328 e. The Balaban J connectivity index is 2.19. The second-order valence-corrected chi connectivity index (χ2v) is 6.27. The number of nitrogens with zero attached hydrogens (tertiary/aromatic N) is 1. The first-order valence-electron chi connectivity index (χ1n) is 6.37. The maximum atomic E-state index is 5.76. The van der Waals surface area contributed by atoms with Crippen LogP contribution in [0.25, 0.3) is 0 Å². The molecule has 0 aromatic carbocycles. The van der Waals surface area contributed by atoms with Crippen LogP contribution in [0.1, 0.15) is 47.0 Å². The summed E-state index contributed by atoms with van der Waals surface area (Å²) in [6.07, 6.45) is 3.80. The molecule has 1 rings (SSSR count). The third-order valence-electron chi connectivity index (χ3n) is 3.63. The summed E-state index contributed by atoms with van der Waals surface area (Å²) in [6, 6.07) is 0.367. The molecule has 2 N–H and O–H groups in total. The van der Waals surface area contributed by atoms with Gasteiger partial charge in [-0.25, -0.2) is 0 Å². The summed E-state index contributed by atoms with van der Waals surface area (Å²) in [4.78, 5) is 2.61. The van der Waals surface area contributed by atoms with Crippen LogP contribution in [0.4, 0.5) is 0 Å². The molecule has 90 valence electrons. The molecular weight excluding hydrogens is 184 g/mol. The first-order chi connectivity index (χ1) is 6.89. The Hall–Kier alpha value is -0.0800. The topological polar surface area (TPSA) is 29.3 Å². The van der Waals surface area contributed by atoms with Crippen LogP contribution >= 0.6 is 0 Å². The highest BCUT2D eigenvalue weighted by Gasteiger charge is 2.31. The highest BCUT2D eigenvalue weighted by molar-refractivity contribution is 4.83. The molecule has 0 saturated carbocycles. The maximum absolute atomic E-state index is 5.76. The average Bonchev–Trinajstić information content (AvgIpc) is 2.51. The molecule has 2 nitrogen and oxygen atoms in total. The Labute approximate surface area is 95.2 Å². The second-order valence-electron chi connectivity index (χ2n) is 6.27. The zero-order valence-electron chi connectivity index (χ0n) is 10.9. The molecule has 0 spiro atoms. The van der Waals surface area contributed by atoms with E-state index in [1.165, 1.54) is 32.5 Å². The van der Waals surface area contributed by atoms with Crippen LogP contribution in [0, 0.1) is 11.3 Å². The fourth-order valence-corrected chi connectivity index (χ4v) is 2.38. The van der Waals surface area contributed by atoms with E-state index in [2.05, 4.69) is 32.6 Å². The van der Waals surface area contributed by atoms with E-state index in [1.54, 1.807) is 0 Å². The molecule has 0 bridgehead atoms. The van der Waals surface area contributed by atoms with Gasteiger partial charge in [0.05, 0.1) is 0 Å². The van der Waals surface area contributed by atoms with Crippen LogP contribution < -0.4 is 5.73 Å². The summed E-state index contributed by atoms with van der Waals surface area (Å²) < 4.78 is 0. The molecular formula is C13H28N2. The quantitative estimate of drug-likeness (QED) is 0.776. The minimum atomic E-state index is 0.367. The van der Waals surface area contributed by atoms with Crippen LogP contribution in [0.15, 0.2) is 0 Å². The van der Waals surface area contributed by atoms with Crippen molar-refractivity contribution < 1.29 is 0 Å². The van der Waals surface area contributed by atoms with Crippen molar-refractivity contribution in [3.63, 3.8) is 0 Å². The van der Waals surface area contributed by atoms with Gasteiger partial charge in [0.15, 0.2) is 0 Å². The molecule has 1 aliphatic rings. The summed E-state index contributed by atoms with van der Waals surface area (Å²) in [7, 11) is 0. The number of likely N-dealkylation sites (tertiary alicyclic amines) is 1. The van der Waals surface area contributed by atoms with Gasteiger partial charge in [0, 0.05) is 12.6 Å². The first-order valence-corrected chi connectivity index (χ1v) is 6.37. The largest absolute Gasteiger partial charge is 0.328 e. The Morgan fingerprint density at radius 3 is 2.53 bits per heavy atom. The maximum Gasteiger partial charge on any atom is 0.00151 e. The van der Waals surface area contributed by atoms with Crippen molar-refractivity contribution in [1.29, 1.82) is 0 Å². The van der Waals surface area contributed by atoms with E-state index in [4.69, 9.17) is 5.73 Å².